The molecule has 1 atom stereocenters. The molecule has 1 fully saturated rings. The molecule has 2 aromatic rings. The van der Waals surface area contributed by atoms with Crippen LogP contribution in [0.3, 0.4) is 0 Å². The van der Waals surface area contributed by atoms with Crippen molar-refractivity contribution in [3.05, 3.63) is 58.9 Å². The molecule has 2 aromatic carbocycles. The Morgan fingerprint density at radius 2 is 1.90 bits per heavy atom. The molecule has 1 heterocycles. The van der Waals surface area contributed by atoms with Gasteiger partial charge in [-0.15, -0.1) is 0 Å². The molecular formula is C18H14F3N3O4S. The third-order valence-electron chi connectivity index (χ3n) is 4.17. The van der Waals surface area contributed by atoms with Crippen LogP contribution in [0.25, 0.3) is 0 Å². The van der Waals surface area contributed by atoms with E-state index in [0.29, 0.717) is 25.2 Å². The first-order chi connectivity index (χ1) is 13.7. The summed E-state index contributed by atoms with van der Waals surface area (Å²) in [5.41, 5.74) is -1.61. The zero-order valence-electron chi connectivity index (χ0n) is 14.7. The van der Waals surface area contributed by atoms with E-state index in [-0.39, 0.29) is 17.9 Å². The Balaban J connectivity index is 1.92. The Morgan fingerprint density at radius 1 is 1.17 bits per heavy atom. The lowest BCUT2D eigenvalue weighted by atomic mass is 10.1. The molecule has 0 spiro atoms. The first kappa shape index (κ1) is 20.8. The number of anilines is 1. The summed E-state index contributed by atoms with van der Waals surface area (Å²) in [7, 11) is -4.38. The Labute approximate surface area is 164 Å². The lowest BCUT2D eigenvalue weighted by molar-refractivity contribution is 0.101. The van der Waals surface area contributed by atoms with E-state index in [1.165, 1.54) is 0 Å². The summed E-state index contributed by atoms with van der Waals surface area (Å²) in [5, 5.41) is 10.9. The molecule has 2 N–H and O–H groups in total. The average Bonchev–Trinajstić information content (AvgIpc) is 3.15. The standard InChI is InChI=1S/C18H14F3N3O4S/c19-13-2-1-11(7-10(13)8-22)23-18(25)16-14(20)3-4-15(17(16)21)29(26,27)24-12-5-6-28-9-12/h1-4,7,12,24H,5-6,9H2,(H,23,25)/t12-/m0/s1. The van der Waals surface area contributed by atoms with Gasteiger partial charge in [0.1, 0.15) is 28.2 Å². The minimum Gasteiger partial charge on any atom is -0.380 e. The van der Waals surface area contributed by atoms with Gasteiger partial charge in [0.15, 0.2) is 5.82 Å². The fraction of sp³-hybridized carbons (Fsp3) is 0.222. The van der Waals surface area contributed by atoms with Crippen LogP contribution < -0.4 is 10.0 Å². The maximum absolute atomic E-state index is 14.8. The van der Waals surface area contributed by atoms with E-state index in [4.69, 9.17) is 10.00 Å². The first-order valence-corrected chi connectivity index (χ1v) is 9.80. The number of halogens is 3. The van der Waals surface area contributed by atoms with Crippen molar-refractivity contribution in [2.45, 2.75) is 17.4 Å². The van der Waals surface area contributed by atoms with Crippen molar-refractivity contribution < 1.29 is 31.1 Å². The summed E-state index contributed by atoms with van der Waals surface area (Å²) in [4.78, 5) is 11.5. The smallest absolute Gasteiger partial charge is 0.261 e. The van der Waals surface area contributed by atoms with Gasteiger partial charge in [-0.2, -0.15) is 5.26 Å². The van der Waals surface area contributed by atoms with Gasteiger partial charge in [-0.05, 0) is 36.8 Å². The number of sulfonamides is 1. The van der Waals surface area contributed by atoms with Crippen LogP contribution in [0.2, 0.25) is 0 Å². The molecule has 0 radical (unpaired) electrons. The third kappa shape index (κ3) is 4.40. The summed E-state index contributed by atoms with van der Waals surface area (Å²) in [6.07, 6.45) is 0.390. The molecule has 1 aliphatic heterocycles. The minimum atomic E-state index is -4.38. The molecule has 0 bridgehead atoms. The molecule has 152 valence electrons. The Hall–Kier alpha value is -2.94. The van der Waals surface area contributed by atoms with Crippen molar-refractivity contribution in [1.29, 1.82) is 5.26 Å². The predicted octanol–water partition coefficient (Wildman–Crippen LogP) is 2.30. The number of ether oxygens (including phenoxy) is 1. The number of rotatable bonds is 5. The fourth-order valence-electron chi connectivity index (χ4n) is 2.74. The first-order valence-electron chi connectivity index (χ1n) is 8.32. The second kappa shape index (κ2) is 8.20. The molecule has 1 amide bonds. The Bertz CT molecular complexity index is 1110. The highest BCUT2D eigenvalue weighted by atomic mass is 32.2. The van der Waals surface area contributed by atoms with Crippen LogP contribution in [0.5, 0.6) is 0 Å². The molecule has 1 aliphatic rings. The van der Waals surface area contributed by atoms with E-state index >= 15 is 0 Å². The zero-order valence-corrected chi connectivity index (χ0v) is 15.5. The number of benzene rings is 2. The van der Waals surface area contributed by atoms with Crippen LogP contribution in [-0.2, 0) is 14.8 Å². The summed E-state index contributed by atoms with van der Waals surface area (Å²) in [5.74, 6) is -4.99. The van der Waals surface area contributed by atoms with Crippen LogP contribution >= 0.6 is 0 Å². The van der Waals surface area contributed by atoms with Crippen molar-refractivity contribution in [1.82, 2.24) is 4.72 Å². The van der Waals surface area contributed by atoms with Gasteiger partial charge in [-0.25, -0.2) is 26.3 Å². The highest BCUT2D eigenvalue weighted by Gasteiger charge is 2.30. The van der Waals surface area contributed by atoms with E-state index in [1.54, 1.807) is 6.07 Å². The molecule has 0 aliphatic carbocycles. The summed E-state index contributed by atoms with van der Waals surface area (Å²) in [6.45, 7) is 0.455. The summed E-state index contributed by atoms with van der Waals surface area (Å²) in [6, 6.07) is 5.33. The molecule has 3 rings (SSSR count). The number of carbonyl (C=O) groups is 1. The molecule has 11 heteroatoms. The zero-order chi connectivity index (χ0) is 21.2. The molecular weight excluding hydrogens is 411 g/mol. The maximum atomic E-state index is 14.8. The number of carbonyl (C=O) groups excluding carboxylic acids is 1. The number of nitrogens with one attached hydrogen (secondary N) is 2. The fourth-order valence-corrected chi connectivity index (χ4v) is 4.08. The normalized spacial score (nSPS) is 16.4. The monoisotopic (exact) mass is 425 g/mol. The van der Waals surface area contributed by atoms with Crippen molar-refractivity contribution >= 4 is 21.6 Å². The second-order valence-electron chi connectivity index (χ2n) is 6.18. The van der Waals surface area contributed by atoms with Gasteiger partial charge >= 0.3 is 0 Å². The van der Waals surface area contributed by atoms with Gasteiger partial charge in [-0.3, -0.25) is 4.79 Å². The van der Waals surface area contributed by atoms with Crippen molar-refractivity contribution in [2.24, 2.45) is 0 Å². The molecule has 1 saturated heterocycles. The van der Waals surface area contributed by atoms with Crippen LogP contribution in [0.15, 0.2) is 35.2 Å². The summed E-state index contributed by atoms with van der Waals surface area (Å²) >= 11 is 0. The van der Waals surface area contributed by atoms with Crippen molar-refractivity contribution in [3.8, 4) is 6.07 Å². The van der Waals surface area contributed by atoms with Crippen LogP contribution in [0.4, 0.5) is 18.9 Å². The molecule has 29 heavy (non-hydrogen) atoms. The highest BCUT2D eigenvalue weighted by molar-refractivity contribution is 7.89. The number of nitriles is 1. The van der Waals surface area contributed by atoms with Gasteiger partial charge < -0.3 is 10.1 Å². The lowest BCUT2D eigenvalue weighted by Crippen LogP contribution is -2.35. The third-order valence-corrected chi connectivity index (χ3v) is 5.71. The number of amides is 1. The lowest BCUT2D eigenvalue weighted by Gasteiger charge is -2.14. The van der Waals surface area contributed by atoms with Crippen LogP contribution in [-0.4, -0.2) is 33.6 Å². The van der Waals surface area contributed by atoms with Gasteiger partial charge in [0.2, 0.25) is 10.0 Å². The largest absolute Gasteiger partial charge is 0.380 e. The Kier molecular flexibility index (Phi) is 5.88. The molecule has 0 unspecified atom stereocenters. The Morgan fingerprint density at radius 3 is 2.55 bits per heavy atom. The second-order valence-corrected chi connectivity index (χ2v) is 7.86. The van der Waals surface area contributed by atoms with E-state index in [0.717, 1.165) is 18.2 Å². The van der Waals surface area contributed by atoms with E-state index in [2.05, 4.69) is 10.0 Å². The SMILES string of the molecule is N#Cc1cc(NC(=O)c2c(F)ccc(S(=O)(=O)N[C@H]3CCOC3)c2F)ccc1F. The van der Waals surface area contributed by atoms with Crippen LogP contribution in [0, 0.1) is 28.8 Å². The topological polar surface area (TPSA) is 108 Å². The van der Waals surface area contributed by atoms with E-state index in [1.807, 2.05) is 0 Å². The average molecular weight is 425 g/mol. The van der Waals surface area contributed by atoms with Gasteiger partial charge in [0.25, 0.3) is 5.91 Å². The van der Waals surface area contributed by atoms with Gasteiger partial charge in [0.05, 0.1) is 12.2 Å². The van der Waals surface area contributed by atoms with Gasteiger partial charge in [-0.1, -0.05) is 0 Å². The maximum Gasteiger partial charge on any atom is 0.261 e. The number of nitrogens with zero attached hydrogens (tertiary/aromatic N) is 1. The highest BCUT2D eigenvalue weighted by Crippen LogP contribution is 2.24. The van der Waals surface area contributed by atoms with Crippen LogP contribution in [0.1, 0.15) is 22.3 Å². The molecule has 0 aromatic heterocycles. The van der Waals surface area contributed by atoms with Gasteiger partial charge in [0, 0.05) is 18.3 Å². The quantitative estimate of drug-likeness (QED) is 0.764. The minimum absolute atomic E-state index is 0.0961. The van der Waals surface area contributed by atoms with Crippen molar-refractivity contribution in [3.63, 3.8) is 0 Å². The summed E-state index contributed by atoms with van der Waals surface area (Å²) < 4.78 is 74.5. The molecule has 0 saturated carbocycles. The predicted molar refractivity (Wildman–Crippen MR) is 95.0 cm³/mol. The number of hydrogen-bond acceptors (Lipinski definition) is 5. The van der Waals surface area contributed by atoms with Crippen molar-refractivity contribution in [2.75, 3.05) is 18.5 Å². The molecule has 7 nitrogen and oxygen atoms in total. The van der Waals surface area contributed by atoms with E-state index < -0.39 is 49.9 Å². The number of hydrogen-bond donors (Lipinski definition) is 2. The van der Waals surface area contributed by atoms with E-state index in [9.17, 15) is 26.4 Å².